The number of pyridine rings is 2. The van der Waals surface area contributed by atoms with Gasteiger partial charge in [0.1, 0.15) is 11.7 Å². The molecule has 0 spiro atoms. The van der Waals surface area contributed by atoms with Gasteiger partial charge in [0.05, 0.1) is 17.4 Å². The van der Waals surface area contributed by atoms with Crippen molar-refractivity contribution in [2.45, 2.75) is 38.3 Å². The zero-order valence-corrected chi connectivity index (χ0v) is 13.8. The van der Waals surface area contributed by atoms with Crippen LogP contribution in [0.3, 0.4) is 0 Å². The molecule has 1 atom stereocenters. The van der Waals surface area contributed by atoms with Gasteiger partial charge in [-0.05, 0) is 49.3 Å². The highest BCUT2D eigenvalue weighted by molar-refractivity contribution is 5.89. The lowest BCUT2D eigenvalue weighted by Crippen LogP contribution is -2.27. The van der Waals surface area contributed by atoms with Crippen LogP contribution in [0.4, 0.5) is 14.5 Å². The molecule has 0 radical (unpaired) electrons. The van der Waals surface area contributed by atoms with Gasteiger partial charge in [0, 0.05) is 13.1 Å². The molecular weight excluding hydrogens is 330 g/mol. The third-order valence-corrected chi connectivity index (χ3v) is 5.14. The summed E-state index contributed by atoms with van der Waals surface area (Å²) in [5, 5.41) is 9.29. The number of carboxylic acids is 1. The summed E-state index contributed by atoms with van der Waals surface area (Å²) in [6.07, 6.45) is 2.23. The fraction of sp³-hybridized carbons (Fsp3) is 0.444. The molecule has 0 bridgehead atoms. The van der Waals surface area contributed by atoms with Gasteiger partial charge >= 0.3 is 5.97 Å². The Morgan fingerprint density at radius 3 is 2.60 bits per heavy atom. The summed E-state index contributed by atoms with van der Waals surface area (Å²) in [5.41, 5.74) is 1.08. The van der Waals surface area contributed by atoms with Crippen LogP contribution < -0.4 is 10.5 Å². The lowest BCUT2D eigenvalue weighted by Gasteiger charge is -2.23. The Kier molecular flexibility index (Phi) is 3.56. The predicted molar refractivity (Wildman–Crippen MR) is 89.0 cm³/mol. The van der Waals surface area contributed by atoms with E-state index in [1.54, 1.807) is 11.8 Å². The largest absolute Gasteiger partial charge is 0.477 e. The zero-order chi connectivity index (χ0) is 17.9. The average Bonchev–Trinajstić information content (AvgIpc) is 3.30. The van der Waals surface area contributed by atoms with Crippen molar-refractivity contribution < 1.29 is 18.7 Å². The third kappa shape index (κ3) is 2.49. The van der Waals surface area contributed by atoms with Crippen LogP contribution in [0.25, 0.3) is 5.52 Å². The summed E-state index contributed by atoms with van der Waals surface area (Å²) >= 11 is 0. The Hall–Kier alpha value is -2.44. The second-order valence-electron chi connectivity index (χ2n) is 6.90. The van der Waals surface area contributed by atoms with E-state index < -0.39 is 23.5 Å². The van der Waals surface area contributed by atoms with Gasteiger partial charge in [-0.2, -0.15) is 0 Å². The van der Waals surface area contributed by atoms with Crippen molar-refractivity contribution in [2.75, 3.05) is 18.0 Å². The van der Waals surface area contributed by atoms with Gasteiger partial charge in [0.2, 0.25) is 0 Å². The van der Waals surface area contributed by atoms with E-state index in [2.05, 4.69) is 0 Å². The molecule has 1 aliphatic heterocycles. The number of aromatic carboxylic acids is 1. The van der Waals surface area contributed by atoms with E-state index in [0.717, 1.165) is 29.0 Å². The Balaban J connectivity index is 2.03. The van der Waals surface area contributed by atoms with E-state index in [-0.39, 0.29) is 18.0 Å². The number of fused-ring (bicyclic) bond motifs is 1. The van der Waals surface area contributed by atoms with Crippen LogP contribution in [-0.4, -0.2) is 34.7 Å². The van der Waals surface area contributed by atoms with Crippen molar-refractivity contribution in [1.29, 1.82) is 0 Å². The number of hydrogen-bond acceptors (Lipinski definition) is 3. The second-order valence-corrected chi connectivity index (χ2v) is 6.90. The number of anilines is 1. The molecule has 2 fully saturated rings. The number of alkyl halides is 1. The maximum Gasteiger partial charge on any atom is 0.341 e. The molecule has 4 rings (SSSR count). The zero-order valence-electron chi connectivity index (χ0n) is 13.8. The molecule has 5 nitrogen and oxygen atoms in total. The van der Waals surface area contributed by atoms with Gasteiger partial charge in [-0.1, -0.05) is 0 Å². The normalized spacial score (nSPS) is 20.4. The first-order valence-electron chi connectivity index (χ1n) is 8.39. The molecule has 1 aliphatic carbocycles. The van der Waals surface area contributed by atoms with Gasteiger partial charge in [-0.25, -0.2) is 13.6 Å². The van der Waals surface area contributed by atoms with E-state index in [0.29, 0.717) is 29.7 Å². The molecule has 1 saturated carbocycles. The van der Waals surface area contributed by atoms with E-state index in [4.69, 9.17) is 0 Å². The molecule has 0 aromatic carbocycles. The molecule has 0 unspecified atom stereocenters. The highest BCUT2D eigenvalue weighted by Crippen LogP contribution is 2.44. The SMILES string of the molecule is Cc1c(N2CC[C@H](F)C2)c(F)cn2c(=O)c(C(=O)O)cc(C3CC3)c12. The van der Waals surface area contributed by atoms with Crippen LogP contribution in [-0.2, 0) is 0 Å². The molecular formula is C18H18F2N2O3. The van der Waals surface area contributed by atoms with Gasteiger partial charge in [0.15, 0.2) is 5.82 Å². The molecule has 7 heteroatoms. The van der Waals surface area contributed by atoms with Crippen molar-refractivity contribution in [3.63, 3.8) is 0 Å². The summed E-state index contributed by atoms with van der Waals surface area (Å²) in [4.78, 5) is 25.6. The number of nitrogens with zero attached hydrogens (tertiary/aromatic N) is 2. The lowest BCUT2D eigenvalue weighted by atomic mass is 10.0. The monoisotopic (exact) mass is 348 g/mol. The Morgan fingerprint density at radius 2 is 2.04 bits per heavy atom. The molecule has 132 valence electrons. The molecule has 0 amide bonds. The summed E-state index contributed by atoms with van der Waals surface area (Å²) < 4.78 is 29.4. The summed E-state index contributed by atoms with van der Waals surface area (Å²) in [7, 11) is 0. The van der Waals surface area contributed by atoms with Crippen LogP contribution >= 0.6 is 0 Å². The van der Waals surface area contributed by atoms with Crippen LogP contribution in [0, 0.1) is 12.7 Å². The maximum atomic E-state index is 14.7. The van der Waals surface area contributed by atoms with E-state index in [1.807, 2.05) is 0 Å². The van der Waals surface area contributed by atoms with Crippen LogP contribution in [0.15, 0.2) is 17.1 Å². The average molecular weight is 348 g/mol. The minimum Gasteiger partial charge on any atom is -0.477 e. The first kappa shape index (κ1) is 16.1. The number of hydrogen-bond donors (Lipinski definition) is 1. The minimum absolute atomic E-state index is 0.129. The van der Waals surface area contributed by atoms with Crippen molar-refractivity contribution in [1.82, 2.24) is 4.40 Å². The van der Waals surface area contributed by atoms with Crippen LogP contribution in [0.1, 0.15) is 46.7 Å². The predicted octanol–water partition coefficient (Wildman–Crippen LogP) is 2.87. The van der Waals surface area contributed by atoms with Crippen molar-refractivity contribution in [3.05, 3.63) is 45.1 Å². The third-order valence-electron chi connectivity index (χ3n) is 5.14. The summed E-state index contributed by atoms with van der Waals surface area (Å²) in [5.74, 6) is -1.77. The molecule has 25 heavy (non-hydrogen) atoms. The minimum atomic E-state index is -1.32. The van der Waals surface area contributed by atoms with Gasteiger partial charge in [0.25, 0.3) is 5.56 Å². The topological polar surface area (TPSA) is 62.0 Å². The highest BCUT2D eigenvalue weighted by Gasteiger charge is 2.32. The summed E-state index contributed by atoms with van der Waals surface area (Å²) in [6, 6.07) is 1.42. The molecule has 1 N–H and O–H groups in total. The smallest absolute Gasteiger partial charge is 0.341 e. The van der Waals surface area contributed by atoms with Crippen LogP contribution in [0.5, 0.6) is 0 Å². The quantitative estimate of drug-likeness (QED) is 0.927. The number of halogens is 2. The number of carbonyl (C=O) groups is 1. The molecule has 1 saturated heterocycles. The second kappa shape index (κ2) is 5.54. The van der Waals surface area contributed by atoms with Crippen molar-refractivity contribution in [2.24, 2.45) is 0 Å². The lowest BCUT2D eigenvalue weighted by molar-refractivity contribution is 0.0694. The van der Waals surface area contributed by atoms with Gasteiger partial charge in [-0.3, -0.25) is 9.20 Å². The van der Waals surface area contributed by atoms with E-state index >= 15 is 0 Å². The van der Waals surface area contributed by atoms with Crippen molar-refractivity contribution >= 4 is 17.2 Å². The van der Waals surface area contributed by atoms with E-state index in [1.165, 1.54) is 6.07 Å². The highest BCUT2D eigenvalue weighted by atomic mass is 19.1. The first-order valence-corrected chi connectivity index (χ1v) is 8.39. The van der Waals surface area contributed by atoms with Crippen LogP contribution in [0.2, 0.25) is 0 Å². The number of rotatable bonds is 3. The molecule has 3 heterocycles. The Labute approximate surface area is 142 Å². The Bertz CT molecular complexity index is 950. The Morgan fingerprint density at radius 1 is 1.32 bits per heavy atom. The molecule has 2 aliphatic rings. The number of aryl methyl sites for hydroxylation is 1. The number of aromatic nitrogens is 1. The standard InChI is InChI=1S/C18H18F2N2O3/c1-9-15-12(10-2-3-10)6-13(18(24)25)17(23)22(15)8-14(20)16(9)21-5-4-11(19)7-21/h6,8,10-11H,2-5,7H2,1H3,(H,24,25)/t11-/m0/s1. The molecule has 2 aromatic heterocycles. The van der Waals surface area contributed by atoms with Gasteiger partial charge in [-0.15, -0.1) is 0 Å². The first-order chi connectivity index (χ1) is 11.9. The summed E-state index contributed by atoms with van der Waals surface area (Å²) in [6.45, 7) is 2.26. The number of carboxylic acid groups (broad SMARTS) is 1. The molecule has 2 aromatic rings. The maximum absolute atomic E-state index is 14.7. The van der Waals surface area contributed by atoms with Gasteiger partial charge < -0.3 is 10.0 Å². The fourth-order valence-corrected chi connectivity index (χ4v) is 3.81. The fourth-order valence-electron chi connectivity index (χ4n) is 3.81. The van der Waals surface area contributed by atoms with Crippen molar-refractivity contribution in [3.8, 4) is 0 Å². The van der Waals surface area contributed by atoms with E-state index in [9.17, 15) is 23.5 Å².